The zero-order valence-electron chi connectivity index (χ0n) is 24.4. The van der Waals surface area contributed by atoms with Gasteiger partial charge in [-0.1, -0.05) is 61.3 Å². The highest BCUT2D eigenvalue weighted by molar-refractivity contribution is 7.80. The number of hydrogen-bond acceptors (Lipinski definition) is 5. The van der Waals surface area contributed by atoms with E-state index in [4.69, 9.17) is 35.4 Å². The number of hydrogen-bond donors (Lipinski definition) is 2. The highest BCUT2D eigenvalue weighted by Crippen LogP contribution is 2.31. The Kier molecular flexibility index (Phi) is 11.9. The zero-order chi connectivity index (χ0) is 31.6. The zero-order valence-corrected chi connectivity index (χ0v) is 26.8. The number of halogens is 3. The molecule has 0 bridgehead atoms. The third kappa shape index (κ3) is 8.87. The highest BCUT2D eigenvalue weighted by atomic mass is 35.5. The van der Waals surface area contributed by atoms with Gasteiger partial charge in [0.1, 0.15) is 5.82 Å². The van der Waals surface area contributed by atoms with E-state index < -0.39 is 5.92 Å². The number of nitriles is 1. The van der Waals surface area contributed by atoms with Crippen LogP contribution in [0.4, 0.5) is 10.1 Å². The maximum absolute atomic E-state index is 14.6. The average molecular weight is 652 g/mol. The van der Waals surface area contributed by atoms with Crippen molar-refractivity contribution in [2.45, 2.75) is 45.6 Å². The summed E-state index contributed by atoms with van der Waals surface area (Å²) in [5.41, 5.74) is 6.61. The van der Waals surface area contributed by atoms with E-state index in [2.05, 4.69) is 35.6 Å². The van der Waals surface area contributed by atoms with Gasteiger partial charge in [0.2, 0.25) is 0 Å². The number of amides is 1. The number of anilines is 1. The van der Waals surface area contributed by atoms with E-state index in [0.29, 0.717) is 51.6 Å². The molecule has 1 unspecified atom stereocenters. The summed E-state index contributed by atoms with van der Waals surface area (Å²) < 4.78 is 15.5. The van der Waals surface area contributed by atoms with Gasteiger partial charge in [-0.3, -0.25) is 4.79 Å². The number of imidazole rings is 1. The quantitative estimate of drug-likeness (QED) is 0.0927. The van der Waals surface area contributed by atoms with Crippen LogP contribution in [0.1, 0.15) is 55.0 Å². The Balaban J connectivity index is 1.70. The van der Waals surface area contributed by atoms with Crippen LogP contribution in [0, 0.1) is 23.1 Å². The van der Waals surface area contributed by atoms with E-state index in [1.165, 1.54) is 17.1 Å². The SMILES string of the molecule is CC(C)CCCNN(C(=O)C(Cc1cccc(Cl)c1Cl)c1cncn1Cc1ccc(C#N)cc1)C(=S)Nc1ccc(F)cc1. The van der Waals surface area contributed by atoms with Crippen molar-refractivity contribution in [3.8, 4) is 6.07 Å². The van der Waals surface area contributed by atoms with E-state index in [1.54, 1.807) is 48.9 Å². The number of carbonyl (C=O) groups is 1. The molecule has 7 nitrogen and oxygen atoms in total. The molecule has 11 heteroatoms. The van der Waals surface area contributed by atoms with Crippen molar-refractivity contribution in [1.29, 1.82) is 5.26 Å². The molecule has 2 N–H and O–H groups in total. The van der Waals surface area contributed by atoms with E-state index in [-0.39, 0.29) is 23.3 Å². The first-order chi connectivity index (χ1) is 21.2. The summed E-state index contributed by atoms with van der Waals surface area (Å²) in [7, 11) is 0. The predicted octanol–water partition coefficient (Wildman–Crippen LogP) is 7.74. The number of hydrazine groups is 1. The molecule has 0 saturated carbocycles. The smallest absolute Gasteiger partial charge is 0.252 e. The van der Waals surface area contributed by atoms with Crippen LogP contribution in [0.5, 0.6) is 0 Å². The van der Waals surface area contributed by atoms with Crippen molar-refractivity contribution in [2.24, 2.45) is 5.92 Å². The van der Waals surface area contributed by atoms with Crippen LogP contribution in [0.2, 0.25) is 10.0 Å². The molecule has 3 aromatic carbocycles. The van der Waals surface area contributed by atoms with Crippen molar-refractivity contribution in [2.75, 3.05) is 11.9 Å². The third-order valence-corrected chi connectivity index (χ3v) is 8.18. The van der Waals surface area contributed by atoms with Crippen molar-refractivity contribution in [3.63, 3.8) is 0 Å². The van der Waals surface area contributed by atoms with Gasteiger partial charge in [-0.05, 0) is 91.0 Å². The molecule has 0 aliphatic heterocycles. The summed E-state index contributed by atoms with van der Waals surface area (Å²) in [5.74, 6) is -0.973. The summed E-state index contributed by atoms with van der Waals surface area (Å²) >= 11 is 18.7. The molecule has 1 atom stereocenters. The largest absolute Gasteiger partial charge is 0.331 e. The maximum Gasteiger partial charge on any atom is 0.252 e. The predicted molar refractivity (Wildman–Crippen MR) is 177 cm³/mol. The standard InChI is InChI=1S/C33H33Cl2FN6OS/c1-22(2)5-4-16-39-42(33(44)40-27-14-12-26(36)13-15-27)32(43)28(17-25-6-3-7-29(34)31(25)35)30-19-38-21-41(30)20-24-10-8-23(18-37)9-11-24/h3,6-15,19,21-22,28,39H,4-5,16-17,20H2,1-2H3,(H,40,44). The summed E-state index contributed by atoms with van der Waals surface area (Å²) in [6, 6.07) is 20.5. The number of nitrogens with zero attached hydrogens (tertiary/aromatic N) is 4. The summed E-state index contributed by atoms with van der Waals surface area (Å²) in [6.07, 6.45) is 5.34. The number of aromatic nitrogens is 2. The lowest BCUT2D eigenvalue weighted by Crippen LogP contribution is -2.51. The van der Waals surface area contributed by atoms with Crippen molar-refractivity contribution in [3.05, 3.63) is 118 Å². The third-order valence-electron chi connectivity index (χ3n) is 7.04. The lowest BCUT2D eigenvalue weighted by Gasteiger charge is -2.29. The molecular formula is C33H33Cl2FN6OS. The molecule has 0 aliphatic carbocycles. The summed E-state index contributed by atoms with van der Waals surface area (Å²) in [5, 5.41) is 14.5. The fraction of sp³-hybridized carbons (Fsp3) is 0.273. The highest BCUT2D eigenvalue weighted by Gasteiger charge is 2.32. The minimum Gasteiger partial charge on any atom is -0.331 e. The van der Waals surface area contributed by atoms with E-state index >= 15 is 0 Å². The molecule has 0 spiro atoms. The van der Waals surface area contributed by atoms with Gasteiger partial charge in [-0.15, -0.1) is 0 Å². The van der Waals surface area contributed by atoms with Gasteiger partial charge < -0.3 is 9.88 Å². The monoisotopic (exact) mass is 650 g/mol. The number of nitrogens with one attached hydrogen (secondary N) is 2. The average Bonchev–Trinajstić information content (AvgIpc) is 3.46. The fourth-order valence-electron chi connectivity index (χ4n) is 4.70. The molecule has 4 rings (SSSR count). The lowest BCUT2D eigenvalue weighted by atomic mass is 9.95. The molecule has 0 fully saturated rings. The molecule has 4 aromatic rings. The Morgan fingerprint density at radius 2 is 1.84 bits per heavy atom. The molecule has 44 heavy (non-hydrogen) atoms. The first-order valence-electron chi connectivity index (χ1n) is 14.2. The van der Waals surface area contributed by atoms with Crippen molar-refractivity contribution < 1.29 is 9.18 Å². The van der Waals surface area contributed by atoms with Crippen molar-refractivity contribution >= 4 is 52.1 Å². The van der Waals surface area contributed by atoms with Crippen LogP contribution >= 0.6 is 35.4 Å². The Bertz CT molecular complexity index is 1620. The minimum atomic E-state index is -0.766. The first kappa shape index (κ1) is 33.1. The molecule has 0 aliphatic rings. The molecule has 1 aromatic heterocycles. The van der Waals surface area contributed by atoms with Crippen LogP contribution in [0.3, 0.4) is 0 Å². The number of carbonyl (C=O) groups excluding carboxylic acids is 1. The lowest BCUT2D eigenvalue weighted by molar-refractivity contribution is -0.131. The number of thiocarbonyl (C=S) groups is 1. The minimum absolute atomic E-state index is 0.117. The van der Waals surface area contributed by atoms with Crippen LogP contribution in [0.15, 0.2) is 79.3 Å². The Morgan fingerprint density at radius 1 is 1.11 bits per heavy atom. The second-order valence-electron chi connectivity index (χ2n) is 10.8. The molecular weight excluding hydrogens is 618 g/mol. The van der Waals surface area contributed by atoms with Gasteiger partial charge >= 0.3 is 0 Å². The van der Waals surface area contributed by atoms with Crippen LogP contribution < -0.4 is 10.7 Å². The summed E-state index contributed by atoms with van der Waals surface area (Å²) in [6.45, 7) is 5.21. The summed E-state index contributed by atoms with van der Waals surface area (Å²) in [4.78, 5) is 19.0. The van der Waals surface area contributed by atoms with Gasteiger partial charge in [0.05, 0.1) is 39.6 Å². The maximum atomic E-state index is 14.6. The number of benzene rings is 3. The molecule has 0 radical (unpaired) electrons. The van der Waals surface area contributed by atoms with Gasteiger partial charge in [-0.2, -0.15) is 5.26 Å². The Morgan fingerprint density at radius 3 is 2.52 bits per heavy atom. The van der Waals surface area contributed by atoms with E-state index in [0.717, 1.165) is 18.4 Å². The van der Waals surface area contributed by atoms with Crippen LogP contribution in [0.25, 0.3) is 0 Å². The van der Waals surface area contributed by atoms with Gasteiger partial charge in [0, 0.05) is 25.0 Å². The fourth-order valence-corrected chi connectivity index (χ4v) is 5.37. The Hall–Kier alpha value is -3.81. The second-order valence-corrected chi connectivity index (χ2v) is 12.0. The molecule has 1 heterocycles. The van der Waals surface area contributed by atoms with Crippen LogP contribution in [-0.2, 0) is 17.8 Å². The molecule has 228 valence electrons. The van der Waals surface area contributed by atoms with Gasteiger partial charge in [0.25, 0.3) is 5.91 Å². The second kappa shape index (κ2) is 15.8. The topological polar surface area (TPSA) is 86.0 Å². The van der Waals surface area contributed by atoms with E-state index in [1.807, 2.05) is 22.8 Å². The molecule has 1 amide bonds. The van der Waals surface area contributed by atoms with Crippen LogP contribution in [-0.4, -0.2) is 32.1 Å². The normalized spacial score (nSPS) is 11.7. The van der Waals surface area contributed by atoms with E-state index in [9.17, 15) is 14.4 Å². The molecule has 0 saturated heterocycles. The number of rotatable bonds is 12. The van der Waals surface area contributed by atoms with Crippen molar-refractivity contribution in [1.82, 2.24) is 20.0 Å². The first-order valence-corrected chi connectivity index (χ1v) is 15.4. The Labute approximate surface area is 272 Å². The van der Waals surface area contributed by atoms with Gasteiger partial charge in [-0.25, -0.2) is 19.8 Å². The van der Waals surface area contributed by atoms with Gasteiger partial charge in [0.15, 0.2) is 5.11 Å².